The van der Waals surface area contributed by atoms with Crippen LogP contribution in [0.15, 0.2) is 42.7 Å². The Balaban J connectivity index is 0.000000861. The Kier molecular flexibility index (Phi) is 5.86. The van der Waals surface area contributed by atoms with Crippen molar-refractivity contribution in [3.63, 3.8) is 0 Å². The second kappa shape index (κ2) is 7.41. The fourth-order valence-corrected chi connectivity index (χ4v) is 1.60. The second-order valence-electron chi connectivity index (χ2n) is 3.75. The summed E-state index contributed by atoms with van der Waals surface area (Å²) in [5, 5.41) is 0. The van der Waals surface area contributed by atoms with E-state index in [1.165, 1.54) is 12.1 Å². The number of hydrogen-bond acceptors (Lipinski definition) is 2. The molecule has 2 rings (SSSR count). The van der Waals surface area contributed by atoms with Crippen LogP contribution in [0.2, 0.25) is 0 Å². The molecule has 0 aliphatic carbocycles. The van der Waals surface area contributed by atoms with Crippen LogP contribution < -0.4 is 0 Å². The van der Waals surface area contributed by atoms with E-state index in [1.807, 2.05) is 20.8 Å². The molecule has 0 saturated heterocycles. The van der Waals surface area contributed by atoms with Gasteiger partial charge in [-0.05, 0) is 23.8 Å². The van der Waals surface area contributed by atoms with Gasteiger partial charge in [0.25, 0.3) is 0 Å². The number of aromatic nitrogens is 1. The van der Waals surface area contributed by atoms with E-state index in [0.29, 0.717) is 12.0 Å². The number of pyridine rings is 1. The Hall–Kier alpha value is -2.03. The Morgan fingerprint density at radius 2 is 1.74 bits per heavy atom. The third-order valence-corrected chi connectivity index (χ3v) is 2.56. The lowest BCUT2D eigenvalue weighted by Gasteiger charge is -2.03. The zero-order valence-electron chi connectivity index (χ0n) is 11.5. The summed E-state index contributed by atoms with van der Waals surface area (Å²) >= 11 is 0. The maximum absolute atomic E-state index is 12.8. The molecule has 0 atom stereocenters. The van der Waals surface area contributed by atoms with E-state index in [2.05, 4.69) is 4.98 Å². The zero-order valence-corrected chi connectivity index (χ0v) is 11.5. The average molecular weight is 259 g/mol. The van der Waals surface area contributed by atoms with Gasteiger partial charge in [0.15, 0.2) is 5.78 Å². The number of rotatable bonds is 3. The fourth-order valence-electron chi connectivity index (χ4n) is 1.60. The van der Waals surface area contributed by atoms with Crippen molar-refractivity contribution in [3.8, 4) is 11.1 Å². The van der Waals surface area contributed by atoms with Crippen LogP contribution in [0.5, 0.6) is 0 Å². The first-order chi connectivity index (χ1) is 9.20. The lowest BCUT2D eigenvalue weighted by molar-refractivity contribution is 0.0988. The summed E-state index contributed by atoms with van der Waals surface area (Å²) in [6, 6.07) is 7.92. The van der Waals surface area contributed by atoms with Crippen molar-refractivity contribution in [2.45, 2.75) is 27.2 Å². The van der Waals surface area contributed by atoms with Crippen LogP contribution in [0, 0.1) is 5.82 Å². The van der Waals surface area contributed by atoms with E-state index in [0.717, 1.165) is 11.1 Å². The van der Waals surface area contributed by atoms with Gasteiger partial charge in [-0.3, -0.25) is 9.78 Å². The van der Waals surface area contributed by atoms with Gasteiger partial charge in [0.2, 0.25) is 0 Å². The first-order valence-corrected chi connectivity index (χ1v) is 6.45. The van der Waals surface area contributed by atoms with Gasteiger partial charge in [0.05, 0.1) is 0 Å². The van der Waals surface area contributed by atoms with Crippen LogP contribution in [0.3, 0.4) is 0 Å². The molecular formula is C16H18FNO. The number of nitrogens with zero attached hydrogens (tertiary/aromatic N) is 1. The van der Waals surface area contributed by atoms with Crippen LogP contribution in [0.25, 0.3) is 11.1 Å². The monoisotopic (exact) mass is 259 g/mol. The van der Waals surface area contributed by atoms with Gasteiger partial charge in [0, 0.05) is 29.9 Å². The topological polar surface area (TPSA) is 30.0 Å². The third-order valence-electron chi connectivity index (χ3n) is 2.56. The number of Topliss-reactive ketones (excluding diaryl/α,β-unsaturated/α-hetero) is 1. The molecule has 19 heavy (non-hydrogen) atoms. The molecule has 0 aliphatic rings. The number of halogens is 1. The van der Waals surface area contributed by atoms with E-state index in [9.17, 15) is 9.18 Å². The summed E-state index contributed by atoms with van der Waals surface area (Å²) in [5.41, 5.74) is 2.27. The predicted octanol–water partition coefficient (Wildman–Crippen LogP) is 4.51. The molecular weight excluding hydrogens is 241 g/mol. The van der Waals surface area contributed by atoms with Gasteiger partial charge in [-0.15, -0.1) is 0 Å². The quantitative estimate of drug-likeness (QED) is 0.759. The molecule has 1 heterocycles. The smallest absolute Gasteiger partial charge is 0.164 e. The van der Waals surface area contributed by atoms with Gasteiger partial charge in [-0.2, -0.15) is 0 Å². The SMILES string of the molecule is CC.CCC(=O)c1cncc(-c2ccc(F)cc2)c1. The summed E-state index contributed by atoms with van der Waals surface area (Å²) < 4.78 is 12.8. The molecule has 0 fully saturated rings. The molecule has 0 radical (unpaired) electrons. The van der Waals surface area contributed by atoms with Crippen LogP contribution >= 0.6 is 0 Å². The van der Waals surface area contributed by atoms with Gasteiger partial charge < -0.3 is 0 Å². The zero-order chi connectivity index (χ0) is 14.3. The van der Waals surface area contributed by atoms with Crippen molar-refractivity contribution in [2.24, 2.45) is 0 Å². The number of ketones is 1. The van der Waals surface area contributed by atoms with Gasteiger partial charge >= 0.3 is 0 Å². The molecule has 2 aromatic rings. The second-order valence-corrected chi connectivity index (χ2v) is 3.75. The van der Waals surface area contributed by atoms with Crippen molar-refractivity contribution in [1.82, 2.24) is 4.98 Å². The maximum Gasteiger partial charge on any atom is 0.164 e. The van der Waals surface area contributed by atoms with Crippen molar-refractivity contribution in [3.05, 3.63) is 54.1 Å². The fraction of sp³-hybridized carbons (Fsp3) is 0.250. The largest absolute Gasteiger partial charge is 0.294 e. The molecule has 1 aromatic carbocycles. The Morgan fingerprint density at radius 1 is 1.11 bits per heavy atom. The highest BCUT2D eigenvalue weighted by atomic mass is 19.1. The van der Waals surface area contributed by atoms with Gasteiger partial charge in [0.1, 0.15) is 5.82 Å². The van der Waals surface area contributed by atoms with Crippen molar-refractivity contribution in [1.29, 1.82) is 0 Å². The molecule has 0 spiro atoms. The predicted molar refractivity (Wildman–Crippen MR) is 75.6 cm³/mol. The highest BCUT2D eigenvalue weighted by Crippen LogP contribution is 2.20. The molecule has 3 heteroatoms. The van der Waals surface area contributed by atoms with E-state index in [4.69, 9.17) is 0 Å². The summed E-state index contributed by atoms with van der Waals surface area (Å²) in [6.07, 6.45) is 3.67. The Labute approximate surface area is 113 Å². The minimum Gasteiger partial charge on any atom is -0.294 e. The van der Waals surface area contributed by atoms with E-state index in [-0.39, 0.29) is 11.6 Å². The summed E-state index contributed by atoms with van der Waals surface area (Å²) in [6.45, 7) is 5.81. The third kappa shape index (κ3) is 3.98. The minimum absolute atomic E-state index is 0.0569. The van der Waals surface area contributed by atoms with Crippen molar-refractivity contribution < 1.29 is 9.18 Å². The van der Waals surface area contributed by atoms with Crippen LogP contribution in [-0.2, 0) is 0 Å². The van der Waals surface area contributed by atoms with E-state index >= 15 is 0 Å². The van der Waals surface area contributed by atoms with E-state index in [1.54, 1.807) is 30.6 Å². The number of carbonyl (C=O) groups excluding carboxylic acids is 1. The van der Waals surface area contributed by atoms with E-state index < -0.39 is 0 Å². The Morgan fingerprint density at radius 3 is 2.32 bits per heavy atom. The first kappa shape index (κ1) is 15.0. The highest BCUT2D eigenvalue weighted by Gasteiger charge is 2.05. The molecule has 0 saturated carbocycles. The molecule has 100 valence electrons. The number of hydrogen-bond donors (Lipinski definition) is 0. The lowest BCUT2D eigenvalue weighted by atomic mass is 10.0. The van der Waals surface area contributed by atoms with Crippen molar-refractivity contribution in [2.75, 3.05) is 0 Å². The minimum atomic E-state index is -0.275. The maximum atomic E-state index is 12.8. The van der Waals surface area contributed by atoms with Crippen LogP contribution in [-0.4, -0.2) is 10.8 Å². The molecule has 0 N–H and O–H groups in total. The molecule has 0 bridgehead atoms. The van der Waals surface area contributed by atoms with Gasteiger partial charge in [-0.1, -0.05) is 32.9 Å². The van der Waals surface area contributed by atoms with Crippen molar-refractivity contribution >= 4 is 5.78 Å². The molecule has 0 aliphatic heterocycles. The Bertz CT molecular complexity index is 535. The van der Waals surface area contributed by atoms with Gasteiger partial charge in [-0.25, -0.2) is 4.39 Å². The first-order valence-electron chi connectivity index (χ1n) is 6.45. The van der Waals surface area contributed by atoms with Crippen LogP contribution in [0.4, 0.5) is 4.39 Å². The summed E-state index contributed by atoms with van der Waals surface area (Å²) in [7, 11) is 0. The average Bonchev–Trinajstić information content (AvgIpc) is 2.49. The standard InChI is InChI=1S/C14H12FNO.C2H6/c1-2-14(17)12-7-11(8-16-9-12)10-3-5-13(15)6-4-10;1-2/h3-9H,2H2,1H3;1-2H3. The summed E-state index contributed by atoms with van der Waals surface area (Å²) in [4.78, 5) is 15.6. The number of carbonyl (C=O) groups is 1. The molecule has 2 nitrogen and oxygen atoms in total. The molecule has 1 aromatic heterocycles. The summed E-state index contributed by atoms with van der Waals surface area (Å²) in [5.74, 6) is -0.219. The van der Waals surface area contributed by atoms with Crippen LogP contribution in [0.1, 0.15) is 37.6 Å². The lowest BCUT2D eigenvalue weighted by Crippen LogP contribution is -1.97. The molecule has 0 amide bonds. The number of benzene rings is 1. The highest BCUT2D eigenvalue weighted by molar-refractivity contribution is 5.96. The molecule has 0 unspecified atom stereocenters. The normalized spacial score (nSPS) is 9.47.